The van der Waals surface area contributed by atoms with E-state index in [1.54, 1.807) is 0 Å². The topological polar surface area (TPSA) is 78.9 Å². The molecule has 0 amide bonds. The maximum Gasteiger partial charge on any atom is 0.306 e. The molecule has 0 aromatic carbocycles. The van der Waals surface area contributed by atoms with Crippen LogP contribution in [0.2, 0.25) is 0 Å². The lowest BCUT2D eigenvalue weighted by molar-refractivity contribution is -0.167. The lowest BCUT2D eigenvalue weighted by Crippen LogP contribution is -2.30. The second-order valence-electron chi connectivity index (χ2n) is 18.9. The molecule has 374 valence electrons. The summed E-state index contributed by atoms with van der Waals surface area (Å²) in [5, 5.41) is 0. The van der Waals surface area contributed by atoms with Gasteiger partial charge in [0.05, 0.1) is 0 Å². The first kappa shape index (κ1) is 61.6. The fourth-order valence-corrected chi connectivity index (χ4v) is 8.14. The molecule has 0 spiro atoms. The molecule has 0 rings (SSSR count). The van der Waals surface area contributed by atoms with E-state index < -0.39 is 6.10 Å². The summed E-state index contributed by atoms with van der Waals surface area (Å²) in [5.41, 5.74) is 0. The predicted octanol–water partition coefficient (Wildman–Crippen LogP) is 18.5. The van der Waals surface area contributed by atoms with Crippen molar-refractivity contribution in [2.45, 2.75) is 303 Å². The first-order chi connectivity index (χ1) is 31.5. The Hall–Kier alpha value is -2.37. The van der Waals surface area contributed by atoms with Crippen molar-refractivity contribution in [1.29, 1.82) is 0 Å². The van der Waals surface area contributed by atoms with Crippen LogP contribution in [-0.2, 0) is 28.6 Å². The standard InChI is InChI=1S/C58H106O6/c1-4-7-10-13-16-19-22-25-28-29-31-33-36-39-42-45-48-51-57(60)63-54-55(53-62-56(59)50-47-44-41-38-35-32-27-24-21-18-15-12-9-6-3)64-58(61)52-49-46-43-40-37-34-30-26-23-20-17-14-11-8-5-2/h17,20,23,26,32,35,55H,4-16,18-19,21-22,24-25,27-31,33-34,36-54H2,1-3H3/b20-17-,26-23-,35-32-. The summed E-state index contributed by atoms with van der Waals surface area (Å²) in [7, 11) is 0. The maximum absolute atomic E-state index is 12.8. The van der Waals surface area contributed by atoms with E-state index >= 15 is 0 Å². The van der Waals surface area contributed by atoms with Crippen LogP contribution in [0.3, 0.4) is 0 Å². The monoisotopic (exact) mass is 899 g/mol. The fourth-order valence-electron chi connectivity index (χ4n) is 8.14. The predicted molar refractivity (Wildman–Crippen MR) is 275 cm³/mol. The SMILES string of the molecule is CCCCC/C=C\C=C/CCCCCCCCC(=O)OC(COC(=O)CCCCC/C=C\CCCCCCCCC)COC(=O)CCCCCCCCCCCCCCCCCCC. The molecule has 0 aliphatic heterocycles. The van der Waals surface area contributed by atoms with Crippen LogP contribution >= 0.6 is 0 Å². The number of allylic oxidation sites excluding steroid dienone is 6. The first-order valence-electron chi connectivity index (χ1n) is 28.0. The molecule has 0 saturated heterocycles. The zero-order valence-corrected chi connectivity index (χ0v) is 42.8. The van der Waals surface area contributed by atoms with Crippen molar-refractivity contribution in [1.82, 2.24) is 0 Å². The van der Waals surface area contributed by atoms with Crippen LogP contribution in [0.4, 0.5) is 0 Å². The zero-order chi connectivity index (χ0) is 46.5. The molecule has 0 bridgehead atoms. The normalized spacial score (nSPS) is 12.2. The van der Waals surface area contributed by atoms with Gasteiger partial charge in [0.1, 0.15) is 13.2 Å². The van der Waals surface area contributed by atoms with E-state index in [0.29, 0.717) is 19.3 Å². The molecule has 0 aliphatic carbocycles. The molecule has 0 aromatic heterocycles. The van der Waals surface area contributed by atoms with E-state index in [2.05, 4.69) is 57.2 Å². The van der Waals surface area contributed by atoms with Gasteiger partial charge < -0.3 is 14.2 Å². The Kier molecular flexibility index (Phi) is 51.3. The third-order valence-corrected chi connectivity index (χ3v) is 12.4. The van der Waals surface area contributed by atoms with Crippen LogP contribution in [0.25, 0.3) is 0 Å². The van der Waals surface area contributed by atoms with Gasteiger partial charge in [-0.05, 0) is 70.6 Å². The summed E-state index contributed by atoms with van der Waals surface area (Å²) in [6.07, 6.45) is 62.7. The molecule has 1 unspecified atom stereocenters. The highest BCUT2D eigenvalue weighted by Crippen LogP contribution is 2.16. The smallest absolute Gasteiger partial charge is 0.306 e. The average molecular weight is 899 g/mol. The van der Waals surface area contributed by atoms with Gasteiger partial charge >= 0.3 is 17.9 Å². The highest BCUT2D eigenvalue weighted by Gasteiger charge is 2.19. The number of unbranched alkanes of at least 4 members (excludes halogenated alkanes) is 35. The molecule has 0 aromatic rings. The number of carbonyl (C=O) groups excluding carboxylic acids is 3. The van der Waals surface area contributed by atoms with Gasteiger partial charge in [-0.25, -0.2) is 0 Å². The molecule has 6 heteroatoms. The molecular weight excluding hydrogens is 793 g/mol. The van der Waals surface area contributed by atoms with E-state index in [1.165, 1.54) is 180 Å². The molecule has 1 atom stereocenters. The molecule has 6 nitrogen and oxygen atoms in total. The van der Waals surface area contributed by atoms with Crippen molar-refractivity contribution < 1.29 is 28.6 Å². The second-order valence-corrected chi connectivity index (χ2v) is 18.9. The molecule has 0 fully saturated rings. The second kappa shape index (κ2) is 53.2. The minimum absolute atomic E-state index is 0.0783. The number of hydrogen-bond acceptors (Lipinski definition) is 6. The van der Waals surface area contributed by atoms with Gasteiger partial charge in [0.2, 0.25) is 0 Å². The Bertz CT molecular complexity index is 1080. The van der Waals surface area contributed by atoms with Crippen molar-refractivity contribution in [2.24, 2.45) is 0 Å². The number of rotatable bonds is 51. The Morgan fingerprint density at radius 3 is 0.922 bits per heavy atom. The van der Waals surface area contributed by atoms with Crippen molar-refractivity contribution in [3.05, 3.63) is 36.5 Å². The number of ether oxygens (including phenoxy) is 3. The Morgan fingerprint density at radius 2 is 0.562 bits per heavy atom. The van der Waals surface area contributed by atoms with Gasteiger partial charge in [0, 0.05) is 19.3 Å². The molecule has 64 heavy (non-hydrogen) atoms. The molecule has 0 aliphatic rings. The third kappa shape index (κ3) is 50.6. The van der Waals surface area contributed by atoms with E-state index in [9.17, 15) is 14.4 Å². The highest BCUT2D eigenvalue weighted by atomic mass is 16.6. The lowest BCUT2D eigenvalue weighted by Gasteiger charge is -2.18. The van der Waals surface area contributed by atoms with E-state index in [4.69, 9.17) is 14.2 Å². The van der Waals surface area contributed by atoms with Gasteiger partial charge in [-0.15, -0.1) is 0 Å². The Morgan fingerprint density at radius 1 is 0.312 bits per heavy atom. The van der Waals surface area contributed by atoms with Crippen LogP contribution < -0.4 is 0 Å². The van der Waals surface area contributed by atoms with Gasteiger partial charge in [-0.1, -0.05) is 243 Å². The average Bonchev–Trinajstić information content (AvgIpc) is 3.29. The number of esters is 3. The van der Waals surface area contributed by atoms with Crippen LogP contribution in [0.1, 0.15) is 297 Å². The molecule has 0 heterocycles. The minimum atomic E-state index is -0.781. The van der Waals surface area contributed by atoms with Gasteiger partial charge in [0.15, 0.2) is 6.10 Å². The van der Waals surface area contributed by atoms with Gasteiger partial charge in [0.25, 0.3) is 0 Å². The zero-order valence-electron chi connectivity index (χ0n) is 42.8. The first-order valence-corrected chi connectivity index (χ1v) is 28.0. The minimum Gasteiger partial charge on any atom is -0.462 e. The summed E-state index contributed by atoms with van der Waals surface area (Å²) >= 11 is 0. The van der Waals surface area contributed by atoms with Crippen molar-refractivity contribution >= 4 is 17.9 Å². The van der Waals surface area contributed by atoms with Crippen LogP contribution in [0, 0.1) is 0 Å². The summed E-state index contributed by atoms with van der Waals surface area (Å²) in [6.45, 7) is 6.62. The molecular formula is C58H106O6. The number of carbonyl (C=O) groups is 3. The summed E-state index contributed by atoms with van der Waals surface area (Å²) in [4.78, 5) is 38.1. The number of hydrogen-bond donors (Lipinski definition) is 0. The van der Waals surface area contributed by atoms with Crippen LogP contribution in [0.5, 0.6) is 0 Å². The molecule has 0 N–H and O–H groups in total. The van der Waals surface area contributed by atoms with Gasteiger partial charge in [-0.2, -0.15) is 0 Å². The summed E-state index contributed by atoms with van der Waals surface area (Å²) in [5.74, 6) is -0.892. The van der Waals surface area contributed by atoms with Crippen LogP contribution in [0.15, 0.2) is 36.5 Å². The fraction of sp³-hybridized carbons (Fsp3) is 0.845. The highest BCUT2D eigenvalue weighted by molar-refractivity contribution is 5.71. The Balaban J connectivity index is 4.37. The summed E-state index contributed by atoms with van der Waals surface area (Å²) in [6, 6.07) is 0. The van der Waals surface area contributed by atoms with Crippen molar-refractivity contribution in [3.8, 4) is 0 Å². The van der Waals surface area contributed by atoms with E-state index in [0.717, 1.165) is 77.0 Å². The van der Waals surface area contributed by atoms with Crippen molar-refractivity contribution in [2.75, 3.05) is 13.2 Å². The Labute approximate surface area is 397 Å². The van der Waals surface area contributed by atoms with Crippen LogP contribution in [-0.4, -0.2) is 37.2 Å². The van der Waals surface area contributed by atoms with E-state index in [1.807, 2.05) is 0 Å². The maximum atomic E-state index is 12.8. The van der Waals surface area contributed by atoms with Gasteiger partial charge in [-0.3, -0.25) is 14.4 Å². The van der Waals surface area contributed by atoms with Crippen molar-refractivity contribution in [3.63, 3.8) is 0 Å². The third-order valence-electron chi connectivity index (χ3n) is 12.4. The quantitative estimate of drug-likeness (QED) is 0.0199. The largest absolute Gasteiger partial charge is 0.462 e. The summed E-state index contributed by atoms with van der Waals surface area (Å²) < 4.78 is 16.8. The molecule has 0 saturated carbocycles. The lowest BCUT2D eigenvalue weighted by atomic mass is 10.0. The molecule has 0 radical (unpaired) electrons. The van der Waals surface area contributed by atoms with E-state index in [-0.39, 0.29) is 31.1 Å².